The Morgan fingerprint density at radius 3 is 3.00 bits per heavy atom. The number of hydrogen-bond acceptors (Lipinski definition) is 3. The molecule has 1 aliphatic carbocycles. The zero-order valence-corrected chi connectivity index (χ0v) is 11.7. The number of rotatable bonds is 3. The normalized spacial score (nSPS) is 15.6. The lowest BCUT2D eigenvalue weighted by molar-refractivity contribution is 0.486. The van der Waals surface area contributed by atoms with Crippen LogP contribution in [0.25, 0.3) is 11.3 Å². The number of nitrogens with two attached hydrogens (primary N) is 1. The van der Waals surface area contributed by atoms with E-state index in [1.165, 1.54) is 16.1 Å². The van der Waals surface area contributed by atoms with Gasteiger partial charge in [-0.15, -0.1) is 11.3 Å². The molecule has 2 aromatic heterocycles. The van der Waals surface area contributed by atoms with E-state index in [9.17, 15) is 0 Å². The summed E-state index contributed by atoms with van der Waals surface area (Å²) in [6.07, 6.45) is 2.21. The fourth-order valence-electron chi connectivity index (χ4n) is 2.69. The largest absolute Gasteiger partial charge is 0.345 e. The number of aromatic amines is 1. The molecule has 2 aromatic rings. The molecular weight excluding hydrogens is 242 g/mol. The van der Waals surface area contributed by atoms with E-state index in [0.717, 1.165) is 24.4 Å². The van der Waals surface area contributed by atoms with Gasteiger partial charge in [0.15, 0.2) is 0 Å². The van der Waals surface area contributed by atoms with Crippen LogP contribution in [0.2, 0.25) is 0 Å². The molecule has 1 atom stereocenters. The molecule has 1 aliphatic rings. The maximum absolute atomic E-state index is 5.88. The molecule has 0 bridgehead atoms. The van der Waals surface area contributed by atoms with Crippen LogP contribution in [0, 0.1) is 5.92 Å². The van der Waals surface area contributed by atoms with Crippen molar-refractivity contribution in [2.75, 3.05) is 6.54 Å². The van der Waals surface area contributed by atoms with E-state index in [0.29, 0.717) is 18.4 Å². The Morgan fingerprint density at radius 1 is 1.44 bits per heavy atom. The second-order valence-electron chi connectivity index (χ2n) is 5.29. The van der Waals surface area contributed by atoms with Gasteiger partial charge in [-0.1, -0.05) is 13.8 Å². The third-order valence-electron chi connectivity index (χ3n) is 3.81. The first-order valence-corrected chi connectivity index (χ1v) is 7.44. The SMILES string of the molecule is CC(C)C(CN)c1nc2c([nH]1)CCc1sccc1-2. The second kappa shape index (κ2) is 4.52. The first-order valence-electron chi connectivity index (χ1n) is 6.56. The molecule has 0 aromatic carbocycles. The van der Waals surface area contributed by atoms with Crippen molar-refractivity contribution in [2.45, 2.75) is 32.6 Å². The van der Waals surface area contributed by atoms with Gasteiger partial charge in [0.05, 0.1) is 5.69 Å². The zero-order valence-electron chi connectivity index (χ0n) is 10.9. The van der Waals surface area contributed by atoms with Crippen molar-refractivity contribution >= 4 is 11.3 Å². The number of H-pyrrole nitrogens is 1. The van der Waals surface area contributed by atoms with Crippen molar-refractivity contribution in [1.29, 1.82) is 0 Å². The number of aromatic nitrogens is 2. The second-order valence-corrected chi connectivity index (χ2v) is 6.29. The monoisotopic (exact) mass is 261 g/mol. The molecule has 0 fully saturated rings. The van der Waals surface area contributed by atoms with Crippen molar-refractivity contribution in [1.82, 2.24) is 9.97 Å². The lowest BCUT2D eigenvalue weighted by Crippen LogP contribution is -2.19. The van der Waals surface area contributed by atoms with Crippen LogP contribution in [0.15, 0.2) is 11.4 Å². The summed E-state index contributed by atoms with van der Waals surface area (Å²) >= 11 is 1.84. The topological polar surface area (TPSA) is 54.7 Å². The molecule has 4 heteroatoms. The van der Waals surface area contributed by atoms with Crippen LogP contribution in [0.3, 0.4) is 0 Å². The predicted octanol–water partition coefficient (Wildman–Crippen LogP) is 2.94. The van der Waals surface area contributed by atoms with Crippen LogP contribution in [0.5, 0.6) is 0 Å². The lowest BCUT2D eigenvalue weighted by atomic mass is 9.95. The van der Waals surface area contributed by atoms with Gasteiger partial charge in [0.25, 0.3) is 0 Å². The molecule has 0 amide bonds. The van der Waals surface area contributed by atoms with E-state index in [-0.39, 0.29) is 0 Å². The average Bonchev–Trinajstić information content (AvgIpc) is 2.93. The Labute approximate surface area is 111 Å². The molecule has 3 rings (SSSR count). The Hall–Kier alpha value is -1.13. The molecule has 0 aliphatic heterocycles. The number of hydrogen-bond donors (Lipinski definition) is 2. The summed E-state index contributed by atoms with van der Waals surface area (Å²) in [6.45, 7) is 5.06. The zero-order chi connectivity index (χ0) is 12.7. The molecule has 0 saturated heterocycles. The molecule has 2 heterocycles. The number of imidazole rings is 1. The fraction of sp³-hybridized carbons (Fsp3) is 0.500. The highest BCUT2D eigenvalue weighted by Gasteiger charge is 2.24. The van der Waals surface area contributed by atoms with E-state index in [1.807, 2.05) is 11.3 Å². The van der Waals surface area contributed by atoms with Crippen LogP contribution in [-0.4, -0.2) is 16.5 Å². The molecule has 1 unspecified atom stereocenters. The number of thiophene rings is 1. The Kier molecular flexibility index (Phi) is 2.99. The summed E-state index contributed by atoms with van der Waals surface area (Å²) in [4.78, 5) is 9.81. The third-order valence-corrected chi connectivity index (χ3v) is 4.79. The van der Waals surface area contributed by atoms with Crippen molar-refractivity contribution < 1.29 is 0 Å². The summed E-state index contributed by atoms with van der Waals surface area (Å²) in [7, 11) is 0. The molecule has 3 nitrogen and oxygen atoms in total. The summed E-state index contributed by atoms with van der Waals surface area (Å²) in [5.41, 5.74) is 9.65. The third kappa shape index (κ3) is 1.80. The number of nitrogens with one attached hydrogen (secondary N) is 1. The van der Waals surface area contributed by atoms with Gasteiger partial charge in [-0.2, -0.15) is 0 Å². The molecular formula is C14H19N3S. The molecule has 3 N–H and O–H groups in total. The highest BCUT2D eigenvalue weighted by atomic mass is 32.1. The van der Waals surface area contributed by atoms with E-state index in [2.05, 4.69) is 30.3 Å². The summed E-state index contributed by atoms with van der Waals surface area (Å²) in [6, 6.07) is 2.19. The van der Waals surface area contributed by atoms with Crippen LogP contribution >= 0.6 is 11.3 Å². The van der Waals surface area contributed by atoms with E-state index >= 15 is 0 Å². The van der Waals surface area contributed by atoms with Crippen LogP contribution in [0.1, 0.15) is 36.2 Å². The van der Waals surface area contributed by atoms with Crippen molar-refractivity contribution in [3.8, 4) is 11.3 Å². The minimum atomic E-state index is 0.331. The van der Waals surface area contributed by atoms with Crippen LogP contribution < -0.4 is 5.73 Å². The van der Waals surface area contributed by atoms with Gasteiger partial charge in [0, 0.05) is 28.6 Å². The van der Waals surface area contributed by atoms with Gasteiger partial charge < -0.3 is 10.7 Å². The van der Waals surface area contributed by atoms with Crippen molar-refractivity contribution in [3.63, 3.8) is 0 Å². The predicted molar refractivity (Wildman–Crippen MR) is 75.9 cm³/mol. The maximum Gasteiger partial charge on any atom is 0.111 e. The lowest BCUT2D eigenvalue weighted by Gasteiger charge is -2.15. The van der Waals surface area contributed by atoms with Gasteiger partial charge in [-0.05, 0) is 30.2 Å². The fourth-order valence-corrected chi connectivity index (χ4v) is 3.57. The first kappa shape index (κ1) is 11.9. The number of nitrogens with zero attached hydrogens (tertiary/aromatic N) is 1. The average molecular weight is 261 g/mol. The highest BCUT2D eigenvalue weighted by Crippen LogP contribution is 2.36. The van der Waals surface area contributed by atoms with Crippen LogP contribution in [0.4, 0.5) is 0 Å². The van der Waals surface area contributed by atoms with E-state index < -0.39 is 0 Å². The molecule has 0 radical (unpaired) electrons. The Balaban J connectivity index is 2.03. The minimum Gasteiger partial charge on any atom is -0.345 e. The highest BCUT2D eigenvalue weighted by molar-refractivity contribution is 7.10. The molecule has 0 saturated carbocycles. The summed E-state index contributed by atoms with van der Waals surface area (Å²) < 4.78 is 0. The van der Waals surface area contributed by atoms with Gasteiger partial charge in [-0.3, -0.25) is 0 Å². The number of fused-ring (bicyclic) bond motifs is 3. The van der Waals surface area contributed by atoms with Crippen molar-refractivity contribution in [3.05, 3.63) is 27.8 Å². The molecule has 96 valence electrons. The van der Waals surface area contributed by atoms with Gasteiger partial charge in [-0.25, -0.2) is 4.98 Å². The first-order chi connectivity index (χ1) is 8.70. The van der Waals surface area contributed by atoms with Crippen LogP contribution in [-0.2, 0) is 12.8 Å². The Bertz CT molecular complexity index is 553. The smallest absolute Gasteiger partial charge is 0.111 e. The quantitative estimate of drug-likeness (QED) is 0.892. The Morgan fingerprint density at radius 2 is 2.28 bits per heavy atom. The van der Waals surface area contributed by atoms with Gasteiger partial charge in [0.1, 0.15) is 5.82 Å². The standard InChI is InChI=1S/C14H19N3S/c1-8(2)10(7-15)14-16-11-3-4-12-9(5-6-18-12)13(11)17-14/h5-6,8,10H,3-4,7,15H2,1-2H3,(H,16,17). The van der Waals surface area contributed by atoms with Crippen molar-refractivity contribution in [2.24, 2.45) is 11.7 Å². The molecule has 18 heavy (non-hydrogen) atoms. The maximum atomic E-state index is 5.88. The van der Waals surface area contributed by atoms with Gasteiger partial charge >= 0.3 is 0 Å². The number of aryl methyl sites for hydroxylation is 2. The minimum absolute atomic E-state index is 0.331. The van der Waals surface area contributed by atoms with Gasteiger partial charge in [0.2, 0.25) is 0 Å². The van der Waals surface area contributed by atoms with E-state index in [4.69, 9.17) is 10.7 Å². The molecule has 0 spiro atoms. The summed E-state index contributed by atoms with van der Waals surface area (Å²) in [5, 5.41) is 2.16. The van der Waals surface area contributed by atoms with E-state index in [1.54, 1.807) is 0 Å². The summed E-state index contributed by atoms with van der Waals surface area (Å²) in [5.74, 6) is 1.92.